The Balaban J connectivity index is 3.17. The van der Waals surface area contributed by atoms with Gasteiger partial charge in [-0.15, -0.1) is 0 Å². The van der Waals surface area contributed by atoms with Crippen molar-refractivity contribution in [1.29, 1.82) is 0 Å². The third-order valence-electron chi connectivity index (χ3n) is 1.59. The van der Waals surface area contributed by atoms with Gasteiger partial charge in [-0.1, -0.05) is 28.4 Å². The number of ether oxygens (including phenoxy) is 1. The van der Waals surface area contributed by atoms with Crippen LogP contribution in [0.3, 0.4) is 0 Å². The molecular formula is C10H9Cl2NO3. The molecule has 0 saturated carbocycles. The summed E-state index contributed by atoms with van der Waals surface area (Å²) >= 11 is 11.6. The van der Waals surface area contributed by atoms with E-state index in [1.54, 1.807) is 6.07 Å². The van der Waals surface area contributed by atoms with Gasteiger partial charge in [-0.25, -0.2) is 0 Å². The van der Waals surface area contributed by atoms with E-state index in [1.165, 1.54) is 26.2 Å². The van der Waals surface area contributed by atoms with E-state index in [0.717, 1.165) is 0 Å². The van der Waals surface area contributed by atoms with Crippen LogP contribution in [0.4, 0.5) is 0 Å². The highest BCUT2D eigenvalue weighted by Crippen LogP contribution is 2.25. The van der Waals surface area contributed by atoms with Crippen LogP contribution in [0.1, 0.15) is 12.5 Å². The number of carbonyl (C=O) groups is 1. The van der Waals surface area contributed by atoms with Gasteiger partial charge in [0.2, 0.25) is 0 Å². The van der Waals surface area contributed by atoms with Gasteiger partial charge < -0.3 is 9.57 Å². The molecule has 0 aromatic heterocycles. The van der Waals surface area contributed by atoms with Gasteiger partial charge in [0.05, 0.1) is 5.56 Å². The number of carbonyl (C=O) groups excluding carboxylic acids is 1. The summed E-state index contributed by atoms with van der Waals surface area (Å²) in [6.45, 7) is 1.29. The molecule has 1 rings (SSSR count). The molecule has 0 aliphatic rings. The molecule has 0 unspecified atom stereocenters. The molecule has 0 bridgehead atoms. The third kappa shape index (κ3) is 3.40. The molecule has 4 nitrogen and oxygen atoms in total. The number of nitrogens with zero attached hydrogens (tertiary/aromatic N) is 1. The van der Waals surface area contributed by atoms with Gasteiger partial charge in [0, 0.05) is 11.9 Å². The lowest BCUT2D eigenvalue weighted by Gasteiger charge is -2.07. The Morgan fingerprint density at radius 2 is 2.12 bits per heavy atom. The van der Waals surface area contributed by atoms with Crippen LogP contribution < -0.4 is 4.74 Å². The number of rotatable bonds is 3. The topological polar surface area (TPSA) is 47.9 Å². The Morgan fingerprint density at radius 1 is 1.44 bits per heavy atom. The van der Waals surface area contributed by atoms with Crippen molar-refractivity contribution >= 4 is 34.3 Å². The van der Waals surface area contributed by atoms with E-state index in [0.29, 0.717) is 10.6 Å². The third-order valence-corrected chi connectivity index (χ3v) is 2.10. The first-order valence-corrected chi connectivity index (χ1v) is 5.05. The van der Waals surface area contributed by atoms with Crippen molar-refractivity contribution in [3.63, 3.8) is 0 Å². The highest BCUT2D eigenvalue weighted by molar-refractivity contribution is 6.69. The summed E-state index contributed by atoms with van der Waals surface area (Å²) < 4.78 is 4.95. The molecule has 0 aliphatic carbocycles. The first-order valence-electron chi connectivity index (χ1n) is 4.29. The summed E-state index contributed by atoms with van der Waals surface area (Å²) in [5.74, 6) is -0.173. The van der Waals surface area contributed by atoms with Crippen LogP contribution in [0, 0.1) is 0 Å². The highest BCUT2D eigenvalue weighted by atomic mass is 35.5. The number of halogens is 2. The van der Waals surface area contributed by atoms with Crippen molar-refractivity contribution in [3.8, 4) is 5.75 Å². The lowest BCUT2D eigenvalue weighted by molar-refractivity contribution is -0.131. The fourth-order valence-electron chi connectivity index (χ4n) is 1.04. The summed E-state index contributed by atoms with van der Waals surface area (Å²) in [5, 5.41) is 4.05. The number of hydrogen-bond donors (Lipinski definition) is 0. The lowest BCUT2D eigenvalue weighted by atomic mass is 10.2. The monoisotopic (exact) mass is 261 g/mol. The zero-order valence-electron chi connectivity index (χ0n) is 8.66. The Kier molecular flexibility index (Phi) is 4.58. The predicted octanol–water partition coefficient (Wildman–Crippen LogP) is 2.81. The standard InChI is InChI=1S/C10H9Cl2NO3/c1-6(14)16-9-4-3-7(11)5-8(9)10(12)13-15-2/h3-5H,1-2H3/b13-10-. The molecule has 6 heteroatoms. The molecule has 0 atom stereocenters. The first-order chi connectivity index (χ1) is 7.54. The molecular weight excluding hydrogens is 253 g/mol. The van der Waals surface area contributed by atoms with Crippen molar-refractivity contribution in [2.75, 3.05) is 7.11 Å². The number of hydrogen-bond acceptors (Lipinski definition) is 4. The van der Waals surface area contributed by atoms with Crippen LogP contribution in [0.15, 0.2) is 23.4 Å². The Labute approximate surface area is 103 Å². The molecule has 0 saturated heterocycles. The largest absolute Gasteiger partial charge is 0.426 e. The van der Waals surface area contributed by atoms with Crippen molar-refractivity contribution in [1.82, 2.24) is 0 Å². The van der Waals surface area contributed by atoms with Crippen LogP contribution in [0.5, 0.6) is 5.75 Å². The molecule has 0 aliphatic heterocycles. The van der Waals surface area contributed by atoms with Gasteiger partial charge >= 0.3 is 5.97 Å². The molecule has 1 aromatic rings. The minimum Gasteiger partial charge on any atom is -0.426 e. The average Bonchev–Trinajstić information content (AvgIpc) is 2.20. The molecule has 0 heterocycles. The van der Waals surface area contributed by atoms with Crippen molar-refractivity contribution in [2.24, 2.45) is 5.16 Å². The van der Waals surface area contributed by atoms with Gasteiger partial charge in [-0.2, -0.15) is 0 Å². The van der Waals surface area contributed by atoms with Crippen molar-refractivity contribution in [3.05, 3.63) is 28.8 Å². The van der Waals surface area contributed by atoms with Crippen molar-refractivity contribution in [2.45, 2.75) is 6.92 Å². The summed E-state index contributed by atoms with van der Waals surface area (Å²) in [4.78, 5) is 15.4. The highest BCUT2D eigenvalue weighted by Gasteiger charge is 2.12. The maximum absolute atomic E-state index is 10.9. The molecule has 0 fully saturated rings. The van der Waals surface area contributed by atoms with Crippen LogP contribution in [0.2, 0.25) is 5.02 Å². The molecule has 1 aromatic carbocycles. The van der Waals surface area contributed by atoms with E-state index >= 15 is 0 Å². The second-order valence-electron chi connectivity index (χ2n) is 2.80. The normalized spacial score (nSPS) is 11.1. The van der Waals surface area contributed by atoms with E-state index < -0.39 is 5.97 Å². The van der Waals surface area contributed by atoms with Crippen LogP contribution in [-0.4, -0.2) is 18.2 Å². The first kappa shape index (κ1) is 12.8. The van der Waals surface area contributed by atoms with Crippen molar-refractivity contribution < 1.29 is 14.4 Å². The lowest BCUT2D eigenvalue weighted by Crippen LogP contribution is -2.05. The van der Waals surface area contributed by atoms with Gasteiger partial charge in [0.25, 0.3) is 0 Å². The quantitative estimate of drug-likeness (QED) is 0.364. The van der Waals surface area contributed by atoms with Gasteiger partial charge in [-0.05, 0) is 18.2 Å². The van der Waals surface area contributed by atoms with Gasteiger partial charge in [0.1, 0.15) is 12.9 Å². The fourth-order valence-corrected chi connectivity index (χ4v) is 1.43. The minimum atomic E-state index is -0.453. The maximum Gasteiger partial charge on any atom is 0.308 e. The second-order valence-corrected chi connectivity index (χ2v) is 3.59. The van der Waals surface area contributed by atoms with E-state index in [4.69, 9.17) is 27.9 Å². The van der Waals surface area contributed by atoms with E-state index in [2.05, 4.69) is 9.99 Å². The van der Waals surface area contributed by atoms with E-state index in [1.807, 2.05) is 0 Å². The van der Waals surface area contributed by atoms with Crippen LogP contribution in [-0.2, 0) is 9.63 Å². The van der Waals surface area contributed by atoms with E-state index in [-0.39, 0.29) is 10.9 Å². The zero-order chi connectivity index (χ0) is 12.1. The van der Waals surface area contributed by atoms with E-state index in [9.17, 15) is 4.79 Å². The van der Waals surface area contributed by atoms with Crippen LogP contribution in [0.25, 0.3) is 0 Å². The summed E-state index contributed by atoms with van der Waals surface area (Å²) in [5.41, 5.74) is 0.395. The fraction of sp³-hybridized carbons (Fsp3) is 0.200. The molecule has 86 valence electrons. The van der Waals surface area contributed by atoms with Gasteiger partial charge in [0.15, 0.2) is 5.17 Å². The second kappa shape index (κ2) is 5.72. The van der Waals surface area contributed by atoms with Crippen LogP contribution >= 0.6 is 23.2 Å². The smallest absolute Gasteiger partial charge is 0.308 e. The molecule has 0 spiro atoms. The number of oxime groups is 1. The molecule has 0 amide bonds. The number of esters is 1. The summed E-state index contributed by atoms with van der Waals surface area (Å²) in [6, 6.07) is 4.65. The Hall–Kier alpha value is -1.26. The molecule has 0 N–H and O–H groups in total. The molecule has 0 radical (unpaired) electrons. The predicted molar refractivity (Wildman–Crippen MR) is 62.2 cm³/mol. The summed E-state index contributed by atoms with van der Waals surface area (Å²) in [6.07, 6.45) is 0. The summed E-state index contributed by atoms with van der Waals surface area (Å²) in [7, 11) is 1.36. The maximum atomic E-state index is 10.9. The Bertz CT molecular complexity index is 432. The minimum absolute atomic E-state index is 0.0567. The zero-order valence-corrected chi connectivity index (χ0v) is 10.2. The number of benzene rings is 1. The average molecular weight is 262 g/mol. The van der Waals surface area contributed by atoms with Gasteiger partial charge in [-0.3, -0.25) is 4.79 Å². The Morgan fingerprint density at radius 3 is 2.69 bits per heavy atom. The molecule has 16 heavy (non-hydrogen) atoms. The SMILES string of the molecule is CO/N=C(\Cl)c1cc(Cl)ccc1OC(C)=O.